The number of fused-ring (bicyclic) bond motifs is 1. The summed E-state index contributed by atoms with van der Waals surface area (Å²) in [6.45, 7) is 3.01. The van der Waals surface area contributed by atoms with Gasteiger partial charge in [0.2, 0.25) is 0 Å². The normalized spacial score (nSPS) is 14.1. The molecule has 0 unspecified atom stereocenters. The van der Waals surface area contributed by atoms with Gasteiger partial charge in [-0.2, -0.15) is 0 Å². The lowest BCUT2D eigenvalue weighted by atomic mass is 9.96. The highest BCUT2D eigenvalue weighted by Gasteiger charge is 2.16. The van der Waals surface area contributed by atoms with E-state index in [1.807, 2.05) is 36.4 Å². The monoisotopic (exact) mass is 463 g/mol. The Kier molecular flexibility index (Phi) is 6.96. The summed E-state index contributed by atoms with van der Waals surface area (Å²) in [6, 6.07) is 21.3. The maximum Gasteiger partial charge on any atom is 0.417 e. The van der Waals surface area contributed by atoms with Gasteiger partial charge in [-0.1, -0.05) is 42.8 Å². The van der Waals surface area contributed by atoms with Crippen LogP contribution in [0.15, 0.2) is 75.9 Å². The van der Waals surface area contributed by atoms with Gasteiger partial charge < -0.3 is 9.73 Å². The number of nitrogens with one attached hydrogen (secondary N) is 2. The number of H-pyrrole nitrogens is 1. The minimum absolute atomic E-state index is 0. The number of likely N-dealkylation sites (tertiary alicyclic amines) is 1. The number of hydrogen-bond acceptors (Lipinski definition) is 4. The van der Waals surface area contributed by atoms with Crippen LogP contribution in [-0.2, 0) is 6.54 Å². The van der Waals surface area contributed by atoms with Crippen molar-refractivity contribution in [3.8, 4) is 11.1 Å². The number of anilines is 1. The fourth-order valence-electron chi connectivity index (χ4n) is 4.36. The SMILES string of the molecule is Cl.O=C(Nc1ccc2oc(=O)[nH]c2c1)c1ccc(-c2ccccc2)c(CN2CCCCC2)c1. The maximum absolute atomic E-state index is 13.0. The predicted molar refractivity (Wildman–Crippen MR) is 133 cm³/mol. The summed E-state index contributed by atoms with van der Waals surface area (Å²) < 4.78 is 5.03. The summed E-state index contributed by atoms with van der Waals surface area (Å²) >= 11 is 0. The zero-order chi connectivity index (χ0) is 21.9. The molecule has 2 N–H and O–H groups in total. The van der Waals surface area contributed by atoms with Crippen molar-refractivity contribution in [1.82, 2.24) is 9.88 Å². The molecule has 1 aliphatic rings. The smallest absolute Gasteiger partial charge is 0.408 e. The number of piperidine rings is 1. The van der Waals surface area contributed by atoms with Crippen molar-refractivity contribution >= 4 is 35.1 Å². The fourth-order valence-corrected chi connectivity index (χ4v) is 4.36. The molecule has 1 aliphatic heterocycles. The summed E-state index contributed by atoms with van der Waals surface area (Å²) in [7, 11) is 0. The molecular formula is C26H26ClN3O3. The highest BCUT2D eigenvalue weighted by molar-refractivity contribution is 6.05. The highest BCUT2D eigenvalue weighted by atomic mass is 35.5. The molecule has 0 saturated carbocycles. The fraction of sp³-hybridized carbons (Fsp3) is 0.231. The number of rotatable bonds is 5. The second kappa shape index (κ2) is 10.1. The number of carbonyl (C=O) groups is 1. The van der Waals surface area contributed by atoms with E-state index in [9.17, 15) is 9.59 Å². The Bertz CT molecular complexity index is 1310. The first-order chi connectivity index (χ1) is 15.7. The first-order valence-electron chi connectivity index (χ1n) is 11.0. The Hall–Kier alpha value is -3.35. The summed E-state index contributed by atoms with van der Waals surface area (Å²) in [5.41, 5.74) is 5.69. The van der Waals surface area contributed by atoms with Crippen LogP contribution in [0.5, 0.6) is 0 Å². The number of oxazole rings is 1. The molecule has 33 heavy (non-hydrogen) atoms. The van der Waals surface area contributed by atoms with Gasteiger partial charge in [0.05, 0.1) is 5.52 Å². The van der Waals surface area contributed by atoms with Gasteiger partial charge in [-0.3, -0.25) is 14.7 Å². The van der Waals surface area contributed by atoms with Crippen molar-refractivity contribution < 1.29 is 9.21 Å². The third-order valence-electron chi connectivity index (χ3n) is 5.97. The third kappa shape index (κ3) is 5.18. The summed E-state index contributed by atoms with van der Waals surface area (Å²) in [5, 5.41) is 2.93. The molecule has 170 valence electrons. The van der Waals surface area contributed by atoms with Crippen LogP contribution in [0.3, 0.4) is 0 Å². The summed E-state index contributed by atoms with van der Waals surface area (Å²) in [6.07, 6.45) is 3.73. The molecule has 0 aliphatic carbocycles. The van der Waals surface area contributed by atoms with Gasteiger partial charge in [0.1, 0.15) is 0 Å². The van der Waals surface area contributed by atoms with E-state index in [2.05, 4.69) is 27.3 Å². The minimum Gasteiger partial charge on any atom is -0.408 e. The highest BCUT2D eigenvalue weighted by Crippen LogP contribution is 2.27. The van der Waals surface area contributed by atoms with E-state index < -0.39 is 5.76 Å². The lowest BCUT2D eigenvalue weighted by molar-refractivity contribution is 0.102. The van der Waals surface area contributed by atoms with Crippen LogP contribution in [0.25, 0.3) is 22.2 Å². The van der Waals surface area contributed by atoms with E-state index in [-0.39, 0.29) is 18.3 Å². The second-order valence-electron chi connectivity index (χ2n) is 8.25. The largest absolute Gasteiger partial charge is 0.417 e. The zero-order valence-corrected chi connectivity index (χ0v) is 19.0. The molecular weight excluding hydrogens is 438 g/mol. The first kappa shape index (κ1) is 22.8. The second-order valence-corrected chi connectivity index (χ2v) is 8.25. The van der Waals surface area contributed by atoms with Gasteiger partial charge in [-0.25, -0.2) is 4.79 Å². The van der Waals surface area contributed by atoms with Gasteiger partial charge in [0, 0.05) is 17.8 Å². The van der Waals surface area contributed by atoms with Crippen molar-refractivity contribution in [2.45, 2.75) is 25.8 Å². The van der Waals surface area contributed by atoms with E-state index in [1.54, 1.807) is 18.2 Å². The van der Waals surface area contributed by atoms with Crippen LogP contribution in [0, 0.1) is 0 Å². The molecule has 3 aromatic carbocycles. The van der Waals surface area contributed by atoms with Gasteiger partial charge in [-0.05, 0) is 73.0 Å². The lowest BCUT2D eigenvalue weighted by Crippen LogP contribution is -2.29. The van der Waals surface area contributed by atoms with E-state index in [1.165, 1.54) is 19.3 Å². The lowest BCUT2D eigenvalue weighted by Gasteiger charge is -2.27. The Morgan fingerprint density at radius 1 is 0.970 bits per heavy atom. The van der Waals surface area contributed by atoms with Crippen molar-refractivity contribution in [3.05, 3.63) is 88.4 Å². The van der Waals surface area contributed by atoms with E-state index >= 15 is 0 Å². The molecule has 0 atom stereocenters. The standard InChI is InChI=1S/C26H25N3O3.ClH/c30-25(27-21-10-12-24-23(16-21)28-26(31)32-24)19-9-11-22(18-7-3-1-4-8-18)20(15-19)17-29-13-5-2-6-14-29;/h1,3-4,7-12,15-16H,2,5-6,13-14,17H2,(H,27,30)(H,28,31);1H. The van der Waals surface area contributed by atoms with E-state index in [0.29, 0.717) is 22.4 Å². The summed E-state index contributed by atoms with van der Waals surface area (Å²) in [5.74, 6) is -0.697. The molecule has 0 bridgehead atoms. The molecule has 0 spiro atoms. The molecule has 0 radical (unpaired) electrons. The number of benzene rings is 3. The van der Waals surface area contributed by atoms with E-state index in [4.69, 9.17) is 4.42 Å². The van der Waals surface area contributed by atoms with Crippen LogP contribution in [0.1, 0.15) is 35.2 Å². The number of nitrogens with zero attached hydrogens (tertiary/aromatic N) is 1. The van der Waals surface area contributed by atoms with Crippen molar-refractivity contribution in [3.63, 3.8) is 0 Å². The van der Waals surface area contributed by atoms with Crippen LogP contribution < -0.4 is 11.1 Å². The van der Waals surface area contributed by atoms with Crippen LogP contribution in [0.2, 0.25) is 0 Å². The van der Waals surface area contributed by atoms with Crippen LogP contribution in [0.4, 0.5) is 5.69 Å². The molecule has 1 saturated heterocycles. The Morgan fingerprint density at radius 3 is 2.55 bits per heavy atom. The molecule has 6 nitrogen and oxygen atoms in total. The van der Waals surface area contributed by atoms with Crippen molar-refractivity contribution in [2.24, 2.45) is 0 Å². The number of carbonyl (C=O) groups excluding carboxylic acids is 1. The molecule has 2 heterocycles. The number of aromatic nitrogens is 1. The first-order valence-corrected chi connectivity index (χ1v) is 11.0. The van der Waals surface area contributed by atoms with Gasteiger partial charge >= 0.3 is 5.76 Å². The van der Waals surface area contributed by atoms with E-state index in [0.717, 1.165) is 36.3 Å². The third-order valence-corrected chi connectivity index (χ3v) is 5.97. The Labute approximate surface area is 198 Å². The molecule has 1 fully saturated rings. The van der Waals surface area contributed by atoms with Gasteiger partial charge in [0.25, 0.3) is 5.91 Å². The average Bonchev–Trinajstić information content (AvgIpc) is 3.19. The molecule has 1 amide bonds. The topological polar surface area (TPSA) is 78.3 Å². The van der Waals surface area contributed by atoms with Crippen LogP contribution >= 0.6 is 12.4 Å². The molecule has 5 rings (SSSR count). The maximum atomic E-state index is 13.0. The molecule has 4 aromatic rings. The van der Waals surface area contributed by atoms with Gasteiger partial charge in [0.15, 0.2) is 5.58 Å². The Morgan fingerprint density at radius 2 is 1.76 bits per heavy atom. The molecule has 7 heteroatoms. The van der Waals surface area contributed by atoms with Crippen molar-refractivity contribution in [1.29, 1.82) is 0 Å². The number of hydrogen-bond donors (Lipinski definition) is 2. The van der Waals surface area contributed by atoms with Crippen molar-refractivity contribution in [2.75, 3.05) is 18.4 Å². The number of amides is 1. The van der Waals surface area contributed by atoms with Gasteiger partial charge in [-0.15, -0.1) is 12.4 Å². The summed E-state index contributed by atoms with van der Waals surface area (Å²) in [4.78, 5) is 29.5. The van der Waals surface area contributed by atoms with Crippen LogP contribution in [-0.4, -0.2) is 28.9 Å². The predicted octanol–water partition coefficient (Wildman–Crippen LogP) is 5.45. The zero-order valence-electron chi connectivity index (χ0n) is 18.2. The number of halogens is 1. The average molecular weight is 464 g/mol. The Balaban J connectivity index is 0.00000259. The minimum atomic E-state index is -0.512. The quantitative estimate of drug-likeness (QED) is 0.412. The number of aromatic amines is 1. The molecule has 1 aromatic heterocycles.